The lowest BCUT2D eigenvalue weighted by Crippen LogP contribution is -2.36. The van der Waals surface area contributed by atoms with Crippen LogP contribution in [-0.2, 0) is 10.0 Å². The van der Waals surface area contributed by atoms with Crippen LogP contribution >= 0.6 is 11.8 Å². The van der Waals surface area contributed by atoms with Gasteiger partial charge in [0.2, 0.25) is 10.0 Å². The lowest BCUT2D eigenvalue weighted by atomic mass is 10.3. The average molecular weight is 316 g/mol. The maximum absolute atomic E-state index is 12.5. The first-order chi connectivity index (χ1) is 9.43. The Morgan fingerprint density at radius 3 is 2.40 bits per heavy atom. The highest BCUT2D eigenvalue weighted by atomic mass is 32.2. The number of hydrogen-bond acceptors (Lipinski definition) is 4. The molecule has 6 heteroatoms. The van der Waals surface area contributed by atoms with Crippen LogP contribution in [0.3, 0.4) is 0 Å². The van der Waals surface area contributed by atoms with Crippen LogP contribution in [0.2, 0.25) is 0 Å². The summed E-state index contributed by atoms with van der Waals surface area (Å²) in [5.74, 6) is 0.784. The normalized spacial score (nSPS) is 13.4. The molecule has 0 radical (unpaired) electrons. The maximum Gasteiger partial charge on any atom is 0.243 e. The van der Waals surface area contributed by atoms with Crippen LogP contribution in [0.15, 0.2) is 29.2 Å². The van der Waals surface area contributed by atoms with Crippen molar-refractivity contribution in [2.45, 2.75) is 31.2 Å². The van der Waals surface area contributed by atoms with Crippen molar-refractivity contribution in [2.24, 2.45) is 0 Å². The summed E-state index contributed by atoms with van der Waals surface area (Å²) < 4.78 is 26.4. The smallest absolute Gasteiger partial charge is 0.243 e. The van der Waals surface area contributed by atoms with Gasteiger partial charge in [0.15, 0.2) is 0 Å². The minimum Gasteiger partial charge on any atom is -0.385 e. The molecule has 1 atom stereocenters. The van der Waals surface area contributed by atoms with Gasteiger partial charge >= 0.3 is 0 Å². The van der Waals surface area contributed by atoms with Gasteiger partial charge in [-0.2, -0.15) is 16.1 Å². The summed E-state index contributed by atoms with van der Waals surface area (Å²) in [4.78, 5) is 0.343. The predicted octanol–water partition coefficient (Wildman–Crippen LogP) is 2.88. The Labute approximate surface area is 127 Å². The lowest BCUT2D eigenvalue weighted by molar-refractivity contribution is 0.415. The standard InChI is InChI=1S/C14H24N2O2S2/c1-5-10-15-13-6-8-14(9-7-13)20(17,18)16(3)12(2)11-19-4/h6-9,12,15H,5,10-11H2,1-4H3. The molecular weight excluding hydrogens is 292 g/mol. The Balaban J connectivity index is 2.87. The Morgan fingerprint density at radius 2 is 1.90 bits per heavy atom. The SMILES string of the molecule is CCCNc1ccc(S(=O)(=O)N(C)C(C)CSC)cc1. The van der Waals surface area contributed by atoms with Gasteiger partial charge in [-0.25, -0.2) is 8.42 Å². The molecule has 0 amide bonds. The van der Waals surface area contributed by atoms with Gasteiger partial charge in [0.05, 0.1) is 4.90 Å². The molecule has 0 aromatic heterocycles. The fourth-order valence-corrected chi connectivity index (χ4v) is 3.92. The van der Waals surface area contributed by atoms with Crippen molar-refractivity contribution < 1.29 is 8.42 Å². The summed E-state index contributed by atoms with van der Waals surface area (Å²) in [5, 5.41) is 3.23. The quantitative estimate of drug-likeness (QED) is 0.801. The molecule has 0 spiro atoms. The van der Waals surface area contributed by atoms with Gasteiger partial charge in [0, 0.05) is 31.1 Å². The van der Waals surface area contributed by atoms with E-state index in [-0.39, 0.29) is 6.04 Å². The van der Waals surface area contributed by atoms with Gasteiger partial charge in [-0.3, -0.25) is 0 Å². The minimum absolute atomic E-state index is 0.0205. The third kappa shape index (κ3) is 4.40. The number of rotatable bonds is 8. The van der Waals surface area contributed by atoms with E-state index >= 15 is 0 Å². The van der Waals surface area contributed by atoms with Crippen molar-refractivity contribution in [3.05, 3.63) is 24.3 Å². The summed E-state index contributed by atoms with van der Waals surface area (Å²) in [5.41, 5.74) is 0.950. The van der Waals surface area contributed by atoms with Crippen molar-refractivity contribution in [2.75, 3.05) is 30.9 Å². The van der Waals surface area contributed by atoms with E-state index in [1.807, 2.05) is 25.3 Å². The fourth-order valence-electron chi connectivity index (χ4n) is 1.76. The van der Waals surface area contributed by atoms with Crippen LogP contribution in [0.25, 0.3) is 0 Å². The second-order valence-corrected chi connectivity index (χ2v) is 7.68. The molecule has 0 aliphatic carbocycles. The monoisotopic (exact) mass is 316 g/mol. The van der Waals surface area contributed by atoms with E-state index < -0.39 is 10.0 Å². The molecule has 0 saturated heterocycles. The molecule has 0 bridgehead atoms. The van der Waals surface area contributed by atoms with E-state index in [0.29, 0.717) is 4.90 Å². The molecule has 0 fully saturated rings. The van der Waals surface area contributed by atoms with E-state index in [0.717, 1.165) is 24.4 Å². The van der Waals surface area contributed by atoms with Gasteiger partial charge in [0.25, 0.3) is 0 Å². The Kier molecular flexibility index (Phi) is 6.85. The van der Waals surface area contributed by atoms with Gasteiger partial charge in [-0.15, -0.1) is 0 Å². The van der Waals surface area contributed by atoms with Gasteiger partial charge < -0.3 is 5.32 Å². The summed E-state index contributed by atoms with van der Waals surface area (Å²) in [6.07, 6.45) is 3.01. The predicted molar refractivity (Wildman–Crippen MR) is 88.0 cm³/mol. The van der Waals surface area contributed by atoms with Crippen LogP contribution in [-0.4, -0.2) is 44.4 Å². The molecule has 0 saturated carbocycles. The van der Waals surface area contributed by atoms with Crippen LogP contribution in [0, 0.1) is 0 Å². The number of nitrogens with one attached hydrogen (secondary N) is 1. The van der Waals surface area contributed by atoms with E-state index in [1.54, 1.807) is 30.9 Å². The first-order valence-corrected chi connectivity index (χ1v) is 9.57. The molecule has 4 nitrogen and oxygen atoms in total. The number of nitrogens with zero attached hydrogens (tertiary/aromatic N) is 1. The molecular formula is C14H24N2O2S2. The maximum atomic E-state index is 12.5. The third-order valence-corrected chi connectivity index (χ3v) is 5.94. The largest absolute Gasteiger partial charge is 0.385 e. The second kappa shape index (κ2) is 7.90. The summed E-state index contributed by atoms with van der Waals surface area (Å²) in [6, 6.07) is 6.93. The zero-order valence-electron chi connectivity index (χ0n) is 12.6. The number of hydrogen-bond donors (Lipinski definition) is 1. The molecule has 1 aromatic rings. The van der Waals surface area contributed by atoms with E-state index in [9.17, 15) is 8.42 Å². The van der Waals surface area contributed by atoms with E-state index in [4.69, 9.17) is 0 Å². The molecule has 20 heavy (non-hydrogen) atoms. The molecule has 114 valence electrons. The molecule has 0 aliphatic rings. The summed E-state index contributed by atoms with van der Waals surface area (Å²) in [7, 11) is -1.77. The topological polar surface area (TPSA) is 49.4 Å². The molecule has 1 N–H and O–H groups in total. The van der Waals surface area contributed by atoms with Crippen molar-refractivity contribution in [3.63, 3.8) is 0 Å². The second-order valence-electron chi connectivity index (χ2n) is 4.78. The first-order valence-electron chi connectivity index (χ1n) is 6.74. The third-order valence-electron chi connectivity index (χ3n) is 3.14. The first kappa shape index (κ1) is 17.3. The van der Waals surface area contributed by atoms with Crippen molar-refractivity contribution >= 4 is 27.5 Å². The number of benzene rings is 1. The zero-order valence-corrected chi connectivity index (χ0v) is 14.2. The molecule has 0 aliphatic heterocycles. The summed E-state index contributed by atoms with van der Waals surface area (Å²) in [6.45, 7) is 4.90. The zero-order chi connectivity index (χ0) is 15.2. The van der Waals surface area contributed by atoms with E-state index in [2.05, 4.69) is 12.2 Å². The van der Waals surface area contributed by atoms with Crippen LogP contribution < -0.4 is 5.32 Å². The number of sulfonamides is 1. The van der Waals surface area contributed by atoms with Crippen molar-refractivity contribution in [1.82, 2.24) is 4.31 Å². The van der Waals surface area contributed by atoms with Crippen molar-refractivity contribution in [3.8, 4) is 0 Å². The highest BCUT2D eigenvalue weighted by Crippen LogP contribution is 2.20. The average Bonchev–Trinajstić information content (AvgIpc) is 2.45. The summed E-state index contributed by atoms with van der Waals surface area (Å²) >= 11 is 1.64. The van der Waals surface area contributed by atoms with Crippen LogP contribution in [0.4, 0.5) is 5.69 Å². The number of anilines is 1. The van der Waals surface area contributed by atoms with Crippen molar-refractivity contribution in [1.29, 1.82) is 0 Å². The number of thioether (sulfide) groups is 1. The highest BCUT2D eigenvalue weighted by molar-refractivity contribution is 7.98. The van der Waals surface area contributed by atoms with Gasteiger partial charge in [-0.05, 0) is 43.9 Å². The Hall–Kier alpha value is -0.720. The Bertz CT molecular complexity index is 500. The molecule has 1 unspecified atom stereocenters. The van der Waals surface area contributed by atoms with E-state index in [1.165, 1.54) is 4.31 Å². The Morgan fingerprint density at radius 1 is 1.30 bits per heavy atom. The van der Waals surface area contributed by atoms with Crippen LogP contribution in [0.5, 0.6) is 0 Å². The molecule has 1 aromatic carbocycles. The minimum atomic E-state index is -3.41. The molecule has 1 rings (SSSR count). The fraction of sp³-hybridized carbons (Fsp3) is 0.571. The lowest BCUT2D eigenvalue weighted by Gasteiger charge is -2.23. The molecule has 0 heterocycles. The highest BCUT2D eigenvalue weighted by Gasteiger charge is 2.24. The van der Waals surface area contributed by atoms with Crippen LogP contribution in [0.1, 0.15) is 20.3 Å². The van der Waals surface area contributed by atoms with Gasteiger partial charge in [-0.1, -0.05) is 6.92 Å². The van der Waals surface area contributed by atoms with Gasteiger partial charge in [0.1, 0.15) is 0 Å².